The van der Waals surface area contributed by atoms with Crippen LogP contribution in [-0.4, -0.2) is 16.6 Å². The van der Waals surface area contributed by atoms with E-state index in [1.165, 1.54) is 0 Å². The molecule has 0 spiro atoms. The Kier molecular flexibility index (Phi) is 3.69. The van der Waals surface area contributed by atoms with Gasteiger partial charge in [0.25, 0.3) is 0 Å². The van der Waals surface area contributed by atoms with Crippen molar-refractivity contribution in [2.45, 2.75) is 26.4 Å². The normalized spacial score (nSPS) is 11.1. The Hall–Kier alpha value is -1.20. The van der Waals surface area contributed by atoms with E-state index in [-0.39, 0.29) is 0 Å². The number of thiophene rings is 1. The molecule has 0 saturated carbocycles. The zero-order valence-corrected chi connectivity index (χ0v) is 10.1. The Bertz CT molecular complexity index is 469. The van der Waals surface area contributed by atoms with Crippen molar-refractivity contribution in [2.75, 3.05) is 12.3 Å². The lowest BCUT2D eigenvalue weighted by Crippen LogP contribution is -2.03. The predicted molar refractivity (Wildman–Crippen MR) is 66.4 cm³/mol. The zero-order chi connectivity index (χ0) is 11.4. The van der Waals surface area contributed by atoms with Gasteiger partial charge in [-0.15, -0.1) is 11.3 Å². The molecule has 0 aromatic carbocycles. The summed E-state index contributed by atoms with van der Waals surface area (Å²) in [4.78, 5) is 9.55. The van der Waals surface area contributed by atoms with Crippen LogP contribution in [-0.2, 0) is 11.3 Å². The summed E-state index contributed by atoms with van der Waals surface area (Å²) in [5.74, 6) is 1.21. The molecule has 0 atom stereocenters. The summed E-state index contributed by atoms with van der Waals surface area (Å²) in [5.41, 5.74) is 5.83. The van der Waals surface area contributed by atoms with Crippen molar-refractivity contribution < 1.29 is 4.74 Å². The average Bonchev–Trinajstić information content (AvgIpc) is 2.73. The standard InChI is InChI=1S/C11H15N3OS/c1-2-3-5-15-7-9-13-10(12)8-4-6-16-11(8)14-9/h4,6H,2-3,5,7H2,1H3,(H2,12,13,14). The summed E-state index contributed by atoms with van der Waals surface area (Å²) in [6.45, 7) is 3.33. The minimum Gasteiger partial charge on any atom is -0.383 e. The molecule has 0 aliphatic rings. The van der Waals surface area contributed by atoms with E-state index >= 15 is 0 Å². The van der Waals surface area contributed by atoms with Crippen LogP contribution in [0.3, 0.4) is 0 Å². The van der Waals surface area contributed by atoms with Crippen molar-refractivity contribution in [1.29, 1.82) is 0 Å². The number of nitrogen functional groups attached to an aromatic ring is 1. The Balaban J connectivity index is 2.06. The second-order valence-corrected chi connectivity index (χ2v) is 4.47. The van der Waals surface area contributed by atoms with Gasteiger partial charge >= 0.3 is 0 Å². The molecule has 2 N–H and O–H groups in total. The second-order valence-electron chi connectivity index (χ2n) is 3.57. The molecule has 0 radical (unpaired) electrons. The van der Waals surface area contributed by atoms with Crippen molar-refractivity contribution in [3.8, 4) is 0 Å². The van der Waals surface area contributed by atoms with Gasteiger partial charge in [0.2, 0.25) is 0 Å². The number of hydrogen-bond acceptors (Lipinski definition) is 5. The smallest absolute Gasteiger partial charge is 0.158 e. The number of nitrogens with zero attached hydrogens (tertiary/aromatic N) is 2. The molecular formula is C11H15N3OS. The van der Waals surface area contributed by atoms with Gasteiger partial charge in [-0.3, -0.25) is 0 Å². The first-order valence-corrected chi connectivity index (χ1v) is 6.26. The van der Waals surface area contributed by atoms with E-state index in [0.29, 0.717) is 18.2 Å². The van der Waals surface area contributed by atoms with Gasteiger partial charge in [-0.25, -0.2) is 9.97 Å². The molecule has 0 aliphatic carbocycles. The highest BCUT2D eigenvalue weighted by atomic mass is 32.1. The summed E-state index contributed by atoms with van der Waals surface area (Å²) < 4.78 is 5.46. The van der Waals surface area contributed by atoms with Gasteiger partial charge in [-0.05, 0) is 17.9 Å². The third-order valence-electron chi connectivity index (χ3n) is 2.27. The number of unbranched alkanes of at least 4 members (excludes halogenated alkanes) is 1. The van der Waals surface area contributed by atoms with Crippen LogP contribution in [0.25, 0.3) is 10.2 Å². The molecule has 0 amide bonds. The van der Waals surface area contributed by atoms with Crippen molar-refractivity contribution in [3.05, 3.63) is 17.3 Å². The molecule has 86 valence electrons. The summed E-state index contributed by atoms with van der Waals surface area (Å²) >= 11 is 1.57. The lowest BCUT2D eigenvalue weighted by molar-refractivity contribution is 0.113. The maximum absolute atomic E-state index is 5.83. The van der Waals surface area contributed by atoms with Gasteiger partial charge in [0.05, 0.1) is 5.39 Å². The van der Waals surface area contributed by atoms with Crippen molar-refractivity contribution >= 4 is 27.4 Å². The van der Waals surface area contributed by atoms with Crippen LogP contribution in [0.1, 0.15) is 25.6 Å². The number of aromatic nitrogens is 2. The number of rotatable bonds is 5. The van der Waals surface area contributed by atoms with Crippen LogP contribution in [0, 0.1) is 0 Å². The van der Waals surface area contributed by atoms with Crippen LogP contribution in [0.4, 0.5) is 5.82 Å². The third-order valence-corrected chi connectivity index (χ3v) is 3.08. The van der Waals surface area contributed by atoms with Crippen molar-refractivity contribution in [3.63, 3.8) is 0 Å². The first-order valence-electron chi connectivity index (χ1n) is 5.38. The Morgan fingerprint density at radius 1 is 1.44 bits per heavy atom. The van der Waals surface area contributed by atoms with Gasteiger partial charge in [0, 0.05) is 6.61 Å². The first-order chi connectivity index (χ1) is 7.81. The Labute approximate surface area is 98.5 Å². The number of anilines is 1. The molecule has 2 rings (SSSR count). The van der Waals surface area contributed by atoms with Crippen molar-refractivity contribution in [1.82, 2.24) is 9.97 Å². The van der Waals surface area contributed by atoms with E-state index < -0.39 is 0 Å². The molecule has 16 heavy (non-hydrogen) atoms. The minimum absolute atomic E-state index is 0.443. The number of hydrogen-bond donors (Lipinski definition) is 1. The maximum Gasteiger partial charge on any atom is 0.158 e. The number of nitrogens with two attached hydrogens (primary N) is 1. The van der Waals surface area contributed by atoms with Gasteiger partial charge in [-0.1, -0.05) is 13.3 Å². The second kappa shape index (κ2) is 5.23. The van der Waals surface area contributed by atoms with E-state index in [4.69, 9.17) is 10.5 Å². The molecule has 0 aliphatic heterocycles. The molecule has 2 heterocycles. The van der Waals surface area contributed by atoms with E-state index in [9.17, 15) is 0 Å². The highest BCUT2D eigenvalue weighted by Crippen LogP contribution is 2.22. The molecule has 0 bridgehead atoms. The monoisotopic (exact) mass is 237 g/mol. The van der Waals surface area contributed by atoms with Gasteiger partial charge in [0.1, 0.15) is 17.3 Å². The largest absolute Gasteiger partial charge is 0.383 e. The van der Waals surface area contributed by atoms with Crippen LogP contribution in [0.2, 0.25) is 0 Å². The van der Waals surface area contributed by atoms with E-state index in [0.717, 1.165) is 29.7 Å². The number of fused-ring (bicyclic) bond motifs is 1. The zero-order valence-electron chi connectivity index (χ0n) is 9.27. The predicted octanol–water partition coefficient (Wildman–Crippen LogP) is 2.59. The lowest BCUT2D eigenvalue weighted by atomic mass is 10.3. The van der Waals surface area contributed by atoms with Crippen LogP contribution in [0.5, 0.6) is 0 Å². The fourth-order valence-corrected chi connectivity index (χ4v) is 2.19. The summed E-state index contributed by atoms with van der Waals surface area (Å²) in [6, 6.07) is 1.94. The maximum atomic E-state index is 5.83. The molecule has 0 fully saturated rings. The topological polar surface area (TPSA) is 61.0 Å². The Morgan fingerprint density at radius 3 is 3.12 bits per heavy atom. The molecule has 5 heteroatoms. The van der Waals surface area contributed by atoms with Gasteiger partial charge in [-0.2, -0.15) is 0 Å². The lowest BCUT2D eigenvalue weighted by Gasteiger charge is -2.03. The van der Waals surface area contributed by atoms with E-state index in [2.05, 4.69) is 16.9 Å². The van der Waals surface area contributed by atoms with E-state index in [1.54, 1.807) is 11.3 Å². The SMILES string of the molecule is CCCCOCc1nc(N)c2ccsc2n1. The highest BCUT2D eigenvalue weighted by molar-refractivity contribution is 7.16. The third kappa shape index (κ3) is 2.48. The van der Waals surface area contributed by atoms with Crippen LogP contribution < -0.4 is 5.73 Å². The molecule has 2 aromatic heterocycles. The summed E-state index contributed by atoms with van der Waals surface area (Å²) in [7, 11) is 0. The fraction of sp³-hybridized carbons (Fsp3) is 0.455. The van der Waals surface area contributed by atoms with Crippen LogP contribution >= 0.6 is 11.3 Å². The number of ether oxygens (including phenoxy) is 1. The molecule has 0 unspecified atom stereocenters. The van der Waals surface area contributed by atoms with Gasteiger partial charge < -0.3 is 10.5 Å². The van der Waals surface area contributed by atoms with Crippen molar-refractivity contribution in [2.24, 2.45) is 0 Å². The summed E-state index contributed by atoms with van der Waals surface area (Å²) in [6.07, 6.45) is 2.20. The molecule has 4 nitrogen and oxygen atoms in total. The van der Waals surface area contributed by atoms with E-state index in [1.807, 2.05) is 11.4 Å². The molecule has 2 aromatic rings. The highest BCUT2D eigenvalue weighted by Gasteiger charge is 2.05. The molecular weight excluding hydrogens is 222 g/mol. The molecule has 0 saturated heterocycles. The fourth-order valence-electron chi connectivity index (χ4n) is 1.40. The van der Waals surface area contributed by atoms with Gasteiger partial charge in [0.15, 0.2) is 5.82 Å². The summed E-state index contributed by atoms with van der Waals surface area (Å²) in [5, 5.41) is 2.90. The first kappa shape index (κ1) is 11.3. The quantitative estimate of drug-likeness (QED) is 0.812. The Morgan fingerprint density at radius 2 is 2.31 bits per heavy atom. The average molecular weight is 237 g/mol. The minimum atomic E-state index is 0.443. The van der Waals surface area contributed by atoms with Crippen LogP contribution in [0.15, 0.2) is 11.4 Å².